The van der Waals surface area contributed by atoms with E-state index in [2.05, 4.69) is 16.8 Å². The zero-order chi connectivity index (χ0) is 20.3. The predicted molar refractivity (Wildman–Crippen MR) is 105 cm³/mol. The van der Waals surface area contributed by atoms with Gasteiger partial charge in [-0.3, -0.25) is 0 Å². The molecule has 1 fully saturated rings. The van der Waals surface area contributed by atoms with Crippen LogP contribution in [-0.2, 0) is 6.42 Å². The Kier molecular flexibility index (Phi) is 5.77. The van der Waals surface area contributed by atoms with Crippen molar-refractivity contribution in [2.45, 2.75) is 19.0 Å². The van der Waals surface area contributed by atoms with Gasteiger partial charge >= 0.3 is 6.18 Å². The maximum atomic E-state index is 13.2. The van der Waals surface area contributed by atoms with Crippen molar-refractivity contribution in [1.82, 2.24) is 5.32 Å². The standard InChI is InChI=1S/C22H22F4N2/c1-15-13-28(18-9-7-17(23)8-10-18)14-20(15)21(27-2)19-6-4-3-5-16(19)11-12-22(24,25)26/h3-10,27H,1,11-14H2,2H3/b21-20-. The molecule has 0 amide bonds. The number of anilines is 1. The number of hydrogen-bond acceptors (Lipinski definition) is 2. The molecular weight excluding hydrogens is 368 g/mol. The maximum absolute atomic E-state index is 13.2. The lowest BCUT2D eigenvalue weighted by Crippen LogP contribution is -2.19. The van der Waals surface area contributed by atoms with Crippen molar-refractivity contribution in [3.63, 3.8) is 0 Å². The molecule has 0 unspecified atom stereocenters. The smallest absolute Gasteiger partial charge is 0.387 e. The third-order valence-corrected chi connectivity index (χ3v) is 4.87. The molecule has 1 heterocycles. The molecule has 0 spiro atoms. The van der Waals surface area contributed by atoms with Crippen molar-refractivity contribution in [3.8, 4) is 0 Å². The van der Waals surface area contributed by atoms with Crippen LogP contribution in [0.5, 0.6) is 0 Å². The van der Waals surface area contributed by atoms with E-state index >= 15 is 0 Å². The highest BCUT2D eigenvalue weighted by atomic mass is 19.4. The van der Waals surface area contributed by atoms with Gasteiger partial charge in [0.15, 0.2) is 0 Å². The Labute approximate surface area is 162 Å². The van der Waals surface area contributed by atoms with Crippen LogP contribution in [0.2, 0.25) is 0 Å². The zero-order valence-corrected chi connectivity index (χ0v) is 15.6. The van der Waals surface area contributed by atoms with Crippen LogP contribution in [0.15, 0.2) is 66.3 Å². The second-order valence-electron chi connectivity index (χ2n) is 6.81. The molecule has 2 aromatic rings. The van der Waals surface area contributed by atoms with Crippen LogP contribution in [0.4, 0.5) is 23.2 Å². The van der Waals surface area contributed by atoms with E-state index in [9.17, 15) is 17.6 Å². The summed E-state index contributed by atoms with van der Waals surface area (Å²) in [5.41, 5.74) is 4.90. The van der Waals surface area contributed by atoms with Gasteiger partial charge in [0.1, 0.15) is 5.82 Å². The van der Waals surface area contributed by atoms with Gasteiger partial charge in [-0.15, -0.1) is 0 Å². The Bertz CT molecular complexity index is 882. The fourth-order valence-electron chi connectivity index (χ4n) is 3.48. The molecule has 0 saturated carbocycles. The lowest BCUT2D eigenvalue weighted by Gasteiger charge is -2.18. The predicted octanol–water partition coefficient (Wildman–Crippen LogP) is 5.33. The van der Waals surface area contributed by atoms with Gasteiger partial charge < -0.3 is 10.2 Å². The van der Waals surface area contributed by atoms with Crippen LogP contribution in [0.1, 0.15) is 17.5 Å². The average molecular weight is 390 g/mol. The van der Waals surface area contributed by atoms with Crippen molar-refractivity contribution in [3.05, 3.63) is 83.2 Å². The van der Waals surface area contributed by atoms with Gasteiger partial charge in [0, 0.05) is 43.5 Å². The normalized spacial score (nSPS) is 16.5. The van der Waals surface area contributed by atoms with E-state index < -0.39 is 12.6 Å². The number of hydrogen-bond donors (Lipinski definition) is 1. The molecule has 0 radical (unpaired) electrons. The Morgan fingerprint density at radius 1 is 1.07 bits per heavy atom. The van der Waals surface area contributed by atoms with Crippen LogP contribution < -0.4 is 10.2 Å². The van der Waals surface area contributed by atoms with Crippen LogP contribution in [0.3, 0.4) is 0 Å². The van der Waals surface area contributed by atoms with Crippen molar-refractivity contribution in [2.24, 2.45) is 0 Å². The Hall–Kier alpha value is -2.76. The number of rotatable bonds is 5. The number of halogens is 4. The SMILES string of the molecule is C=C1CN(c2ccc(F)cc2)C/C1=C(/NC)c1ccccc1CCC(F)(F)F. The first kappa shape index (κ1) is 20.0. The first-order chi connectivity index (χ1) is 13.3. The van der Waals surface area contributed by atoms with Crippen molar-refractivity contribution >= 4 is 11.4 Å². The largest absolute Gasteiger partial charge is 0.389 e. The Balaban J connectivity index is 1.93. The molecule has 0 aliphatic carbocycles. The summed E-state index contributed by atoms with van der Waals surface area (Å²) in [7, 11) is 1.76. The molecule has 0 bridgehead atoms. The van der Waals surface area contributed by atoms with E-state index in [1.54, 1.807) is 31.3 Å². The van der Waals surface area contributed by atoms with Crippen LogP contribution >= 0.6 is 0 Å². The molecule has 6 heteroatoms. The third kappa shape index (κ3) is 4.55. The molecule has 28 heavy (non-hydrogen) atoms. The minimum Gasteiger partial charge on any atom is -0.387 e. The minimum atomic E-state index is -4.20. The highest BCUT2D eigenvalue weighted by Gasteiger charge is 2.28. The van der Waals surface area contributed by atoms with Crippen LogP contribution in [-0.4, -0.2) is 26.3 Å². The van der Waals surface area contributed by atoms with E-state index in [0.29, 0.717) is 18.7 Å². The molecule has 2 aromatic carbocycles. The summed E-state index contributed by atoms with van der Waals surface area (Å²) in [6, 6.07) is 13.4. The lowest BCUT2D eigenvalue weighted by molar-refractivity contribution is -0.134. The van der Waals surface area contributed by atoms with E-state index in [1.165, 1.54) is 12.1 Å². The second kappa shape index (κ2) is 8.09. The fraction of sp³-hybridized carbons (Fsp3) is 0.273. The summed E-state index contributed by atoms with van der Waals surface area (Å²) in [4.78, 5) is 2.06. The fourth-order valence-corrected chi connectivity index (χ4v) is 3.48. The quantitative estimate of drug-likeness (QED) is 0.695. The molecule has 1 N–H and O–H groups in total. The van der Waals surface area contributed by atoms with Gasteiger partial charge in [0.25, 0.3) is 0 Å². The topological polar surface area (TPSA) is 15.3 Å². The highest BCUT2D eigenvalue weighted by Crippen LogP contribution is 2.33. The number of aryl methyl sites for hydroxylation is 1. The first-order valence-electron chi connectivity index (χ1n) is 9.03. The molecular formula is C22H22F4N2. The molecule has 3 rings (SSSR count). The summed E-state index contributed by atoms with van der Waals surface area (Å²) in [6.45, 7) is 5.27. The van der Waals surface area contributed by atoms with Gasteiger partial charge in [-0.1, -0.05) is 30.8 Å². The van der Waals surface area contributed by atoms with Gasteiger partial charge in [-0.05, 0) is 47.4 Å². The molecule has 0 atom stereocenters. The molecule has 2 nitrogen and oxygen atoms in total. The van der Waals surface area contributed by atoms with Crippen molar-refractivity contribution in [1.29, 1.82) is 0 Å². The molecule has 148 valence electrons. The minimum absolute atomic E-state index is 0.0771. The number of benzene rings is 2. The van der Waals surface area contributed by atoms with Gasteiger partial charge in [-0.2, -0.15) is 13.2 Å². The molecule has 1 saturated heterocycles. The van der Waals surface area contributed by atoms with E-state index in [-0.39, 0.29) is 12.2 Å². The Morgan fingerprint density at radius 3 is 2.39 bits per heavy atom. The highest BCUT2D eigenvalue weighted by molar-refractivity contribution is 5.76. The van der Waals surface area contributed by atoms with Crippen LogP contribution in [0.25, 0.3) is 5.70 Å². The van der Waals surface area contributed by atoms with Gasteiger partial charge in [0.2, 0.25) is 0 Å². The van der Waals surface area contributed by atoms with E-state index in [4.69, 9.17) is 0 Å². The average Bonchev–Trinajstić information content (AvgIpc) is 3.03. The second-order valence-corrected chi connectivity index (χ2v) is 6.81. The summed E-state index contributed by atoms with van der Waals surface area (Å²) >= 11 is 0. The first-order valence-corrected chi connectivity index (χ1v) is 9.03. The third-order valence-electron chi connectivity index (χ3n) is 4.87. The summed E-state index contributed by atoms with van der Waals surface area (Å²) in [6.07, 6.45) is -5.14. The van der Waals surface area contributed by atoms with Gasteiger partial charge in [-0.25, -0.2) is 4.39 Å². The molecule has 0 aromatic heterocycles. The van der Waals surface area contributed by atoms with Crippen molar-refractivity contribution < 1.29 is 17.6 Å². The summed E-state index contributed by atoms with van der Waals surface area (Å²) < 4.78 is 51.3. The van der Waals surface area contributed by atoms with Crippen molar-refractivity contribution in [2.75, 3.05) is 25.0 Å². The molecule has 1 aliphatic heterocycles. The summed E-state index contributed by atoms with van der Waals surface area (Å²) in [5, 5.41) is 3.16. The molecule has 1 aliphatic rings. The number of nitrogens with one attached hydrogen (secondary N) is 1. The Morgan fingerprint density at radius 2 is 1.75 bits per heavy atom. The monoisotopic (exact) mass is 390 g/mol. The van der Waals surface area contributed by atoms with E-state index in [0.717, 1.165) is 28.1 Å². The lowest BCUT2D eigenvalue weighted by atomic mass is 9.96. The zero-order valence-electron chi connectivity index (χ0n) is 15.6. The van der Waals surface area contributed by atoms with E-state index in [1.807, 2.05) is 12.1 Å². The van der Waals surface area contributed by atoms with Gasteiger partial charge in [0.05, 0.1) is 0 Å². The summed E-state index contributed by atoms with van der Waals surface area (Å²) in [5.74, 6) is -0.299. The van der Waals surface area contributed by atoms with Crippen LogP contribution in [0, 0.1) is 5.82 Å². The number of nitrogens with zero attached hydrogens (tertiary/aromatic N) is 1. The number of alkyl halides is 3. The maximum Gasteiger partial charge on any atom is 0.389 e.